The number of alkyl halides is 6. The topological polar surface area (TPSA) is 43.5 Å². The van der Waals surface area contributed by atoms with Crippen LogP contribution in [0, 0.1) is 5.82 Å². The minimum absolute atomic E-state index is 0.0153. The molecule has 39 heavy (non-hydrogen) atoms. The zero-order valence-corrected chi connectivity index (χ0v) is 21.2. The summed E-state index contributed by atoms with van der Waals surface area (Å²) in [6, 6.07) is 6.94. The highest BCUT2D eigenvalue weighted by Gasteiger charge is 2.43. The lowest BCUT2D eigenvalue weighted by molar-refractivity contribution is -0.155. The molecule has 0 bridgehead atoms. The number of ether oxygens (including phenoxy) is 1. The maximum atomic E-state index is 14.0. The largest absolute Gasteiger partial charge is 0.434 e. The summed E-state index contributed by atoms with van der Waals surface area (Å²) in [6.07, 6.45) is -3.85. The molecule has 2 aromatic carbocycles. The smallest absolute Gasteiger partial charge is 0.401 e. The monoisotopic (exact) mass is 558 g/mol. The van der Waals surface area contributed by atoms with E-state index in [1.807, 2.05) is 0 Å². The maximum Gasteiger partial charge on any atom is 0.401 e. The van der Waals surface area contributed by atoms with E-state index in [0.29, 0.717) is 53.9 Å². The number of benzene rings is 2. The first-order valence-corrected chi connectivity index (χ1v) is 12.8. The Bertz CT molecular complexity index is 1310. The molecular weight excluding hydrogens is 529 g/mol. The Hall–Kier alpha value is -2.99. The Labute approximate surface area is 220 Å². The predicted octanol–water partition coefficient (Wildman–Crippen LogP) is 6.26. The molecule has 1 fully saturated rings. The van der Waals surface area contributed by atoms with Crippen LogP contribution < -0.4 is 10.1 Å². The molecule has 2 aliphatic heterocycles. The van der Waals surface area contributed by atoms with Gasteiger partial charge in [0.25, 0.3) is 0 Å². The molecule has 0 radical (unpaired) electrons. The first-order chi connectivity index (χ1) is 18.5. The summed E-state index contributed by atoms with van der Waals surface area (Å²) in [6.45, 7) is -1.29. The molecule has 12 heteroatoms. The number of H-pyrrole nitrogens is 1. The van der Waals surface area contributed by atoms with Crippen LogP contribution >= 0.6 is 0 Å². The molecule has 0 spiro atoms. The molecule has 2 aliphatic rings. The van der Waals surface area contributed by atoms with E-state index < -0.39 is 43.9 Å². The first-order valence-electron chi connectivity index (χ1n) is 12.8. The second kappa shape index (κ2) is 10.9. The average Bonchev–Trinajstić information content (AvgIpc) is 3.17. The zero-order chi connectivity index (χ0) is 27.9. The van der Waals surface area contributed by atoms with Crippen molar-refractivity contribution in [2.24, 2.45) is 0 Å². The van der Waals surface area contributed by atoms with E-state index in [9.17, 15) is 30.7 Å². The minimum atomic E-state index is -4.55. The van der Waals surface area contributed by atoms with E-state index in [4.69, 9.17) is 4.74 Å². The van der Waals surface area contributed by atoms with Gasteiger partial charge in [0.2, 0.25) is 0 Å². The van der Waals surface area contributed by atoms with Crippen molar-refractivity contribution in [1.82, 2.24) is 14.8 Å². The SMILES string of the molecule is C[C@@H]1Cc2c([nH]c3cc(F)ccc23)C(c2ccc(NC3CN(CCCF)C3)cc2OC(F)F)N1CC(F)(F)F. The molecule has 212 valence electrons. The van der Waals surface area contributed by atoms with Gasteiger partial charge in [-0.3, -0.25) is 14.2 Å². The Morgan fingerprint density at radius 3 is 2.59 bits per heavy atom. The predicted molar refractivity (Wildman–Crippen MR) is 134 cm³/mol. The number of hydrogen-bond donors (Lipinski definition) is 2. The number of aromatic amines is 1. The van der Waals surface area contributed by atoms with Crippen molar-refractivity contribution in [2.75, 3.05) is 38.2 Å². The normalized spacial score (nSPS) is 20.8. The van der Waals surface area contributed by atoms with Crippen molar-refractivity contribution in [1.29, 1.82) is 0 Å². The number of likely N-dealkylation sites (tertiary alicyclic amines) is 1. The fraction of sp³-hybridized carbons (Fsp3) is 0.481. The number of hydrogen-bond acceptors (Lipinski definition) is 4. The second-order valence-corrected chi connectivity index (χ2v) is 10.2. The fourth-order valence-electron chi connectivity index (χ4n) is 5.73. The van der Waals surface area contributed by atoms with E-state index in [-0.39, 0.29) is 23.8 Å². The van der Waals surface area contributed by atoms with Crippen LogP contribution in [-0.2, 0) is 6.42 Å². The van der Waals surface area contributed by atoms with Gasteiger partial charge in [-0.25, -0.2) is 4.39 Å². The molecule has 3 aromatic rings. The lowest BCUT2D eigenvalue weighted by Gasteiger charge is -2.42. The lowest BCUT2D eigenvalue weighted by atomic mass is 9.88. The summed E-state index contributed by atoms with van der Waals surface area (Å²) in [5.74, 6) is -0.750. The van der Waals surface area contributed by atoms with Crippen LogP contribution in [0.2, 0.25) is 0 Å². The highest BCUT2D eigenvalue weighted by Crippen LogP contribution is 2.45. The van der Waals surface area contributed by atoms with E-state index in [1.165, 1.54) is 29.2 Å². The minimum Gasteiger partial charge on any atom is -0.434 e. The Kier molecular flexibility index (Phi) is 7.69. The summed E-state index contributed by atoms with van der Waals surface area (Å²) in [7, 11) is 0. The van der Waals surface area contributed by atoms with E-state index in [0.717, 1.165) is 0 Å². The number of nitrogens with zero attached hydrogens (tertiary/aromatic N) is 2. The first kappa shape index (κ1) is 27.6. The van der Waals surface area contributed by atoms with Crippen molar-refractivity contribution in [3.05, 3.63) is 59.0 Å². The summed E-state index contributed by atoms with van der Waals surface area (Å²) in [4.78, 5) is 6.34. The van der Waals surface area contributed by atoms with Gasteiger partial charge in [0.15, 0.2) is 0 Å². The van der Waals surface area contributed by atoms with Gasteiger partial charge < -0.3 is 15.0 Å². The van der Waals surface area contributed by atoms with Crippen LogP contribution in [0.5, 0.6) is 5.75 Å². The molecule has 0 aliphatic carbocycles. The number of aromatic nitrogens is 1. The third-order valence-corrected chi connectivity index (χ3v) is 7.39. The molecule has 2 N–H and O–H groups in total. The van der Waals surface area contributed by atoms with Crippen LogP contribution in [0.3, 0.4) is 0 Å². The molecule has 2 atom stereocenters. The van der Waals surface area contributed by atoms with Crippen LogP contribution in [0.15, 0.2) is 36.4 Å². The number of halogens is 7. The summed E-state index contributed by atoms with van der Waals surface area (Å²) >= 11 is 0. The van der Waals surface area contributed by atoms with Gasteiger partial charge in [-0.05, 0) is 49.6 Å². The van der Waals surface area contributed by atoms with E-state index in [1.54, 1.807) is 19.1 Å². The third kappa shape index (κ3) is 5.96. The van der Waals surface area contributed by atoms with E-state index in [2.05, 4.69) is 15.2 Å². The number of fused-ring (bicyclic) bond motifs is 3. The maximum absolute atomic E-state index is 14.0. The number of rotatable bonds is 9. The van der Waals surface area contributed by atoms with Gasteiger partial charge in [0.05, 0.1) is 25.3 Å². The second-order valence-electron chi connectivity index (χ2n) is 10.2. The summed E-state index contributed by atoms with van der Waals surface area (Å²) < 4.78 is 99.5. The molecule has 3 heterocycles. The Morgan fingerprint density at radius 1 is 1.13 bits per heavy atom. The molecule has 0 amide bonds. The fourth-order valence-corrected chi connectivity index (χ4v) is 5.73. The Morgan fingerprint density at radius 2 is 1.90 bits per heavy atom. The summed E-state index contributed by atoms with van der Waals surface area (Å²) in [5.41, 5.74) is 2.15. The number of anilines is 1. The standard InChI is InChI=1S/C27H29F7N4O/c1-15-9-21-19-5-3-16(29)10-22(19)36-24(21)25(38(15)14-27(32,33)34)20-6-4-17(11-23(20)39-26(30)31)35-18-12-37(13-18)8-2-7-28/h3-6,10-11,15,18,25-26,35-36H,2,7-9,12-14H2,1H3/t15-,25?/m1/s1. The highest BCUT2D eigenvalue weighted by atomic mass is 19.4. The quantitative estimate of drug-likeness (QED) is 0.304. The Balaban J connectivity index is 1.53. The molecule has 5 nitrogen and oxygen atoms in total. The van der Waals surface area contributed by atoms with Crippen LogP contribution in [0.4, 0.5) is 36.4 Å². The van der Waals surface area contributed by atoms with Crippen molar-refractivity contribution >= 4 is 16.6 Å². The summed E-state index contributed by atoms with van der Waals surface area (Å²) in [5, 5.41) is 3.90. The van der Waals surface area contributed by atoms with Gasteiger partial charge >= 0.3 is 12.8 Å². The van der Waals surface area contributed by atoms with Crippen molar-refractivity contribution in [3.63, 3.8) is 0 Å². The lowest BCUT2D eigenvalue weighted by Crippen LogP contribution is -2.54. The highest BCUT2D eigenvalue weighted by molar-refractivity contribution is 5.85. The van der Waals surface area contributed by atoms with Gasteiger partial charge in [-0.2, -0.15) is 22.0 Å². The molecule has 0 saturated carbocycles. The van der Waals surface area contributed by atoms with Crippen molar-refractivity contribution in [2.45, 2.75) is 50.7 Å². The molecule has 1 unspecified atom stereocenters. The third-order valence-electron chi connectivity index (χ3n) is 7.39. The van der Waals surface area contributed by atoms with Gasteiger partial charge in [-0.15, -0.1) is 0 Å². The zero-order valence-electron chi connectivity index (χ0n) is 21.2. The molecule has 1 aromatic heterocycles. The van der Waals surface area contributed by atoms with Gasteiger partial charge in [-0.1, -0.05) is 6.07 Å². The van der Waals surface area contributed by atoms with Crippen molar-refractivity contribution < 1.29 is 35.5 Å². The molecular formula is C27H29F7N4O. The van der Waals surface area contributed by atoms with Gasteiger partial charge in [0, 0.05) is 59.6 Å². The van der Waals surface area contributed by atoms with Crippen molar-refractivity contribution in [3.8, 4) is 5.75 Å². The van der Waals surface area contributed by atoms with E-state index >= 15 is 0 Å². The molecule has 5 rings (SSSR count). The van der Waals surface area contributed by atoms with Gasteiger partial charge in [0.1, 0.15) is 11.6 Å². The van der Waals surface area contributed by atoms with Crippen LogP contribution in [-0.4, -0.2) is 72.5 Å². The van der Waals surface area contributed by atoms with Crippen LogP contribution in [0.1, 0.15) is 36.2 Å². The number of nitrogens with one attached hydrogen (secondary N) is 2. The van der Waals surface area contributed by atoms with Crippen LogP contribution in [0.25, 0.3) is 10.9 Å². The molecule has 1 saturated heterocycles. The average molecular weight is 559 g/mol.